The Morgan fingerprint density at radius 3 is 2.71 bits per heavy atom. The molecule has 1 N–H and O–H groups in total. The minimum absolute atomic E-state index is 0.00315. The number of nitrogens with zero attached hydrogens (tertiary/aromatic N) is 2. The first kappa shape index (κ1) is 15.9. The molecule has 2 heterocycles. The van der Waals surface area contributed by atoms with Crippen LogP contribution in [0, 0.1) is 5.92 Å². The lowest BCUT2D eigenvalue weighted by Crippen LogP contribution is -2.48. The Hall–Kier alpha value is -1.43. The molecule has 0 aliphatic carbocycles. The van der Waals surface area contributed by atoms with Gasteiger partial charge < -0.3 is 10.2 Å². The molecule has 0 saturated carbocycles. The van der Waals surface area contributed by atoms with E-state index in [0.717, 1.165) is 11.4 Å². The number of rotatable bonds is 4. The topological polar surface area (TPSA) is 62.3 Å². The number of carbonyl (C=O) groups is 2. The third-order valence-electron chi connectivity index (χ3n) is 3.86. The van der Waals surface area contributed by atoms with Gasteiger partial charge in [-0.3, -0.25) is 9.59 Å². The van der Waals surface area contributed by atoms with Crippen molar-refractivity contribution in [3.63, 3.8) is 0 Å². The van der Waals surface area contributed by atoms with Crippen LogP contribution in [0.2, 0.25) is 0 Å². The number of nitrogens with one attached hydrogen (secondary N) is 1. The maximum absolute atomic E-state index is 12.7. The summed E-state index contributed by atoms with van der Waals surface area (Å²) in [6, 6.07) is -0.523. The molecule has 5 nitrogen and oxygen atoms in total. The highest BCUT2D eigenvalue weighted by Gasteiger charge is 2.35. The van der Waals surface area contributed by atoms with Crippen LogP contribution in [0.1, 0.15) is 50.0 Å². The van der Waals surface area contributed by atoms with Gasteiger partial charge in [0, 0.05) is 24.0 Å². The first-order chi connectivity index (χ1) is 9.93. The summed E-state index contributed by atoms with van der Waals surface area (Å²) in [5.74, 6) is 0.0264. The number of carbonyl (C=O) groups excluding carboxylic acids is 2. The van der Waals surface area contributed by atoms with Crippen molar-refractivity contribution in [2.24, 2.45) is 5.92 Å². The Bertz CT molecular complexity index is 527. The van der Waals surface area contributed by atoms with E-state index in [2.05, 4.69) is 17.2 Å². The number of thiazole rings is 1. The third kappa shape index (κ3) is 3.43. The van der Waals surface area contributed by atoms with Crippen LogP contribution in [-0.4, -0.2) is 34.3 Å². The molecule has 2 rings (SSSR count). The molecule has 1 aliphatic rings. The van der Waals surface area contributed by atoms with Gasteiger partial charge in [0.1, 0.15) is 11.0 Å². The van der Waals surface area contributed by atoms with Crippen LogP contribution in [-0.2, 0) is 16.0 Å². The van der Waals surface area contributed by atoms with E-state index >= 15 is 0 Å². The molecule has 0 bridgehead atoms. The van der Waals surface area contributed by atoms with Crippen LogP contribution in [0.4, 0.5) is 0 Å². The maximum atomic E-state index is 12.7. The Morgan fingerprint density at radius 1 is 1.43 bits per heavy atom. The van der Waals surface area contributed by atoms with Gasteiger partial charge in [-0.05, 0) is 19.3 Å². The first-order valence-electron chi connectivity index (χ1n) is 7.48. The van der Waals surface area contributed by atoms with Crippen molar-refractivity contribution in [3.8, 4) is 0 Å². The normalized spacial score (nSPS) is 21.4. The minimum Gasteiger partial charge on any atom is -0.344 e. The lowest BCUT2D eigenvalue weighted by molar-refractivity contribution is -0.136. The molecule has 1 aromatic heterocycles. The Morgan fingerprint density at radius 2 is 2.14 bits per heavy atom. The van der Waals surface area contributed by atoms with E-state index in [1.54, 1.807) is 16.2 Å². The molecule has 6 heteroatoms. The highest BCUT2D eigenvalue weighted by Crippen LogP contribution is 2.27. The number of hydrogen-bond acceptors (Lipinski definition) is 4. The van der Waals surface area contributed by atoms with Crippen LogP contribution >= 0.6 is 11.3 Å². The molecular weight excluding hydrogens is 286 g/mol. The SMILES string of the molecule is CCc1cnc(C(C)N2CCC(=O)NC(C(C)C)C2=O)s1. The summed E-state index contributed by atoms with van der Waals surface area (Å²) < 4.78 is 0. The smallest absolute Gasteiger partial charge is 0.246 e. The summed E-state index contributed by atoms with van der Waals surface area (Å²) in [7, 11) is 0. The number of amides is 2. The molecular formula is C15H23N3O2S. The molecule has 0 spiro atoms. The van der Waals surface area contributed by atoms with Crippen LogP contribution in [0.3, 0.4) is 0 Å². The van der Waals surface area contributed by atoms with Crippen LogP contribution in [0.15, 0.2) is 6.20 Å². The predicted octanol–water partition coefficient (Wildman–Crippen LogP) is 2.14. The first-order valence-corrected chi connectivity index (χ1v) is 8.30. The summed E-state index contributed by atoms with van der Waals surface area (Å²) in [4.78, 5) is 32.0. The fourth-order valence-corrected chi connectivity index (χ4v) is 3.39. The van der Waals surface area contributed by atoms with Crippen molar-refractivity contribution in [2.45, 2.75) is 52.6 Å². The lowest BCUT2D eigenvalue weighted by atomic mass is 10.0. The molecule has 21 heavy (non-hydrogen) atoms. The molecule has 1 aromatic rings. The molecule has 0 radical (unpaired) electrons. The van der Waals surface area contributed by atoms with E-state index in [0.29, 0.717) is 13.0 Å². The van der Waals surface area contributed by atoms with E-state index in [4.69, 9.17) is 0 Å². The summed E-state index contributed by atoms with van der Waals surface area (Å²) in [6.07, 6.45) is 3.18. The molecule has 1 saturated heterocycles. The van der Waals surface area contributed by atoms with Crippen molar-refractivity contribution in [3.05, 3.63) is 16.1 Å². The van der Waals surface area contributed by atoms with Gasteiger partial charge in [-0.1, -0.05) is 20.8 Å². The van der Waals surface area contributed by atoms with Crippen molar-refractivity contribution < 1.29 is 9.59 Å². The number of aryl methyl sites for hydroxylation is 1. The summed E-state index contributed by atoms with van der Waals surface area (Å²) in [5, 5.41) is 3.78. The average molecular weight is 309 g/mol. The maximum Gasteiger partial charge on any atom is 0.246 e. The zero-order valence-electron chi connectivity index (χ0n) is 13.0. The van der Waals surface area contributed by atoms with Gasteiger partial charge in [-0.2, -0.15) is 0 Å². The predicted molar refractivity (Wildman–Crippen MR) is 83.0 cm³/mol. The van der Waals surface area contributed by atoms with Gasteiger partial charge in [0.15, 0.2) is 0 Å². The van der Waals surface area contributed by atoms with Gasteiger partial charge in [0.05, 0.1) is 6.04 Å². The van der Waals surface area contributed by atoms with E-state index < -0.39 is 6.04 Å². The molecule has 2 unspecified atom stereocenters. The molecule has 1 aliphatic heterocycles. The summed E-state index contributed by atoms with van der Waals surface area (Å²) in [5.41, 5.74) is 0. The average Bonchev–Trinajstić information content (AvgIpc) is 2.87. The fraction of sp³-hybridized carbons (Fsp3) is 0.667. The number of hydrogen-bond donors (Lipinski definition) is 1. The quantitative estimate of drug-likeness (QED) is 0.927. The second-order valence-electron chi connectivity index (χ2n) is 5.77. The zero-order chi connectivity index (χ0) is 15.6. The van der Waals surface area contributed by atoms with Crippen LogP contribution < -0.4 is 5.32 Å². The highest BCUT2D eigenvalue weighted by molar-refractivity contribution is 7.11. The van der Waals surface area contributed by atoms with Crippen molar-refractivity contribution in [1.82, 2.24) is 15.2 Å². The van der Waals surface area contributed by atoms with E-state index in [9.17, 15) is 9.59 Å². The Labute approximate surface area is 129 Å². The summed E-state index contributed by atoms with van der Waals surface area (Å²) in [6.45, 7) is 8.45. The highest BCUT2D eigenvalue weighted by atomic mass is 32.1. The second kappa shape index (κ2) is 6.56. The Kier molecular flexibility index (Phi) is 4.98. The standard InChI is InChI=1S/C15H23N3O2S/c1-5-11-8-16-14(21-11)10(4)18-7-6-12(19)17-13(9(2)3)15(18)20/h8-10,13H,5-7H2,1-4H3,(H,17,19). The van der Waals surface area contributed by atoms with E-state index in [1.807, 2.05) is 27.0 Å². The van der Waals surface area contributed by atoms with Gasteiger partial charge in [-0.15, -0.1) is 11.3 Å². The fourth-order valence-electron chi connectivity index (χ4n) is 2.47. The zero-order valence-corrected chi connectivity index (χ0v) is 13.9. The van der Waals surface area contributed by atoms with Crippen molar-refractivity contribution >= 4 is 23.2 Å². The second-order valence-corrected chi connectivity index (χ2v) is 6.91. The largest absolute Gasteiger partial charge is 0.344 e. The monoisotopic (exact) mass is 309 g/mol. The number of aromatic nitrogens is 1. The molecule has 0 aromatic carbocycles. The van der Waals surface area contributed by atoms with Crippen molar-refractivity contribution in [1.29, 1.82) is 0 Å². The lowest BCUT2D eigenvalue weighted by Gasteiger charge is -2.30. The van der Waals surface area contributed by atoms with Crippen LogP contribution in [0.25, 0.3) is 0 Å². The summed E-state index contributed by atoms with van der Waals surface area (Å²) >= 11 is 1.64. The van der Waals surface area contributed by atoms with Gasteiger partial charge in [0.2, 0.25) is 11.8 Å². The van der Waals surface area contributed by atoms with Crippen molar-refractivity contribution in [2.75, 3.05) is 6.54 Å². The molecule has 2 atom stereocenters. The van der Waals surface area contributed by atoms with Crippen LogP contribution in [0.5, 0.6) is 0 Å². The van der Waals surface area contributed by atoms with E-state index in [1.165, 1.54) is 4.88 Å². The van der Waals surface area contributed by atoms with Gasteiger partial charge >= 0.3 is 0 Å². The molecule has 1 fully saturated rings. The third-order valence-corrected chi connectivity index (χ3v) is 5.17. The van der Waals surface area contributed by atoms with Gasteiger partial charge in [-0.25, -0.2) is 4.98 Å². The van der Waals surface area contributed by atoms with E-state index in [-0.39, 0.29) is 23.8 Å². The molecule has 116 valence electrons. The minimum atomic E-state index is -0.437. The molecule has 2 amide bonds. The Balaban J connectivity index is 2.23. The van der Waals surface area contributed by atoms with Gasteiger partial charge in [0.25, 0.3) is 0 Å².